The van der Waals surface area contributed by atoms with E-state index in [-0.39, 0.29) is 5.97 Å². The second-order valence-electron chi connectivity index (χ2n) is 3.25. The van der Waals surface area contributed by atoms with Gasteiger partial charge in [-0.05, 0) is 18.2 Å². The molecule has 0 fully saturated rings. The summed E-state index contributed by atoms with van der Waals surface area (Å²) in [5.41, 5.74) is 1.19. The Labute approximate surface area is 92.8 Å². The number of carbonyl (C=O) groups excluding carboxylic acids is 1. The van der Waals surface area contributed by atoms with E-state index in [9.17, 15) is 4.79 Å². The van der Waals surface area contributed by atoms with Gasteiger partial charge in [0.1, 0.15) is 0 Å². The van der Waals surface area contributed by atoms with Crippen LogP contribution < -0.4 is 4.74 Å². The molecule has 0 radical (unpaired) electrons. The highest BCUT2D eigenvalue weighted by atomic mass is 16.5. The molecule has 0 saturated heterocycles. The molecule has 2 rings (SSSR count). The van der Waals surface area contributed by atoms with Gasteiger partial charge < -0.3 is 9.47 Å². The monoisotopic (exact) mass is 217 g/mol. The molecule has 0 saturated carbocycles. The number of benzene rings is 1. The van der Waals surface area contributed by atoms with Gasteiger partial charge in [-0.2, -0.15) is 0 Å². The molecule has 0 bridgehead atoms. The molecule has 0 N–H and O–H groups in total. The van der Waals surface area contributed by atoms with E-state index >= 15 is 0 Å². The first-order chi connectivity index (χ1) is 7.74. The molecular formula is C12H11NO3. The summed E-state index contributed by atoms with van der Waals surface area (Å²) in [4.78, 5) is 15.6. The van der Waals surface area contributed by atoms with Gasteiger partial charge in [-0.1, -0.05) is 6.07 Å². The van der Waals surface area contributed by atoms with Crippen LogP contribution >= 0.6 is 0 Å². The van der Waals surface area contributed by atoms with Gasteiger partial charge in [0.05, 0.1) is 25.3 Å². The number of hydrogen-bond donors (Lipinski definition) is 0. The van der Waals surface area contributed by atoms with Gasteiger partial charge in [-0.25, -0.2) is 9.78 Å². The predicted octanol–water partition coefficient (Wildman–Crippen LogP) is 2.03. The average Bonchev–Trinajstić information content (AvgIpc) is 2.36. The molecule has 82 valence electrons. The lowest BCUT2D eigenvalue weighted by Gasteiger charge is -2.03. The van der Waals surface area contributed by atoms with Crippen LogP contribution in [-0.4, -0.2) is 25.2 Å². The van der Waals surface area contributed by atoms with Crippen LogP contribution in [0.1, 0.15) is 10.4 Å². The molecular weight excluding hydrogens is 206 g/mol. The van der Waals surface area contributed by atoms with Gasteiger partial charge in [0.2, 0.25) is 5.88 Å². The molecule has 4 heteroatoms. The summed E-state index contributed by atoms with van der Waals surface area (Å²) in [6.45, 7) is 0. The fraction of sp³-hybridized carbons (Fsp3) is 0.167. The number of methoxy groups -OCH3 is 2. The number of rotatable bonds is 2. The SMILES string of the molecule is COC(=O)c1ccc2ccc(OC)nc2c1. The van der Waals surface area contributed by atoms with Crippen LogP contribution in [0.4, 0.5) is 0 Å². The molecule has 1 heterocycles. The first-order valence-electron chi connectivity index (χ1n) is 4.77. The molecule has 0 aliphatic carbocycles. The van der Waals surface area contributed by atoms with Crippen LogP contribution in [-0.2, 0) is 4.74 Å². The number of pyridine rings is 1. The van der Waals surface area contributed by atoms with Crippen LogP contribution in [0, 0.1) is 0 Å². The van der Waals surface area contributed by atoms with Gasteiger partial charge in [0.15, 0.2) is 0 Å². The number of esters is 1. The van der Waals surface area contributed by atoms with Crippen molar-refractivity contribution < 1.29 is 14.3 Å². The Hall–Kier alpha value is -2.10. The van der Waals surface area contributed by atoms with E-state index in [2.05, 4.69) is 9.72 Å². The van der Waals surface area contributed by atoms with Gasteiger partial charge in [-0.3, -0.25) is 0 Å². The number of aromatic nitrogens is 1. The Morgan fingerprint density at radius 3 is 2.62 bits per heavy atom. The fourth-order valence-corrected chi connectivity index (χ4v) is 1.46. The number of hydrogen-bond acceptors (Lipinski definition) is 4. The van der Waals surface area contributed by atoms with E-state index in [0.29, 0.717) is 17.0 Å². The number of ether oxygens (including phenoxy) is 2. The molecule has 0 aliphatic heterocycles. The fourth-order valence-electron chi connectivity index (χ4n) is 1.46. The minimum Gasteiger partial charge on any atom is -0.481 e. The summed E-state index contributed by atoms with van der Waals surface area (Å²) in [7, 11) is 2.91. The highest BCUT2D eigenvalue weighted by Crippen LogP contribution is 2.18. The molecule has 0 aliphatic rings. The van der Waals surface area contributed by atoms with E-state index in [1.807, 2.05) is 12.1 Å². The van der Waals surface area contributed by atoms with Gasteiger partial charge >= 0.3 is 5.97 Å². The van der Waals surface area contributed by atoms with Crippen LogP contribution in [0.2, 0.25) is 0 Å². The van der Waals surface area contributed by atoms with E-state index in [1.165, 1.54) is 7.11 Å². The van der Waals surface area contributed by atoms with E-state index in [4.69, 9.17) is 4.74 Å². The smallest absolute Gasteiger partial charge is 0.337 e. The number of nitrogens with zero attached hydrogens (tertiary/aromatic N) is 1. The lowest BCUT2D eigenvalue weighted by molar-refractivity contribution is 0.0601. The maximum absolute atomic E-state index is 11.3. The Balaban J connectivity index is 2.54. The maximum atomic E-state index is 11.3. The summed E-state index contributed by atoms with van der Waals surface area (Å²) in [5, 5.41) is 0.952. The summed E-state index contributed by atoms with van der Waals surface area (Å²) >= 11 is 0. The van der Waals surface area contributed by atoms with Crippen molar-refractivity contribution >= 4 is 16.9 Å². The minimum absolute atomic E-state index is 0.369. The van der Waals surface area contributed by atoms with Crippen LogP contribution in [0.25, 0.3) is 10.9 Å². The minimum atomic E-state index is -0.369. The summed E-state index contributed by atoms with van der Waals surface area (Å²) in [6.07, 6.45) is 0. The lowest BCUT2D eigenvalue weighted by atomic mass is 10.1. The Morgan fingerprint density at radius 2 is 1.94 bits per heavy atom. The third-order valence-corrected chi connectivity index (χ3v) is 2.30. The van der Waals surface area contributed by atoms with E-state index in [1.54, 1.807) is 25.3 Å². The highest BCUT2D eigenvalue weighted by Gasteiger charge is 2.06. The van der Waals surface area contributed by atoms with Crippen molar-refractivity contribution in [3.05, 3.63) is 35.9 Å². The average molecular weight is 217 g/mol. The molecule has 2 aromatic rings. The molecule has 0 atom stereocenters. The third-order valence-electron chi connectivity index (χ3n) is 2.30. The molecule has 16 heavy (non-hydrogen) atoms. The van der Waals surface area contributed by atoms with Crippen LogP contribution in [0.3, 0.4) is 0 Å². The van der Waals surface area contributed by atoms with Crippen LogP contribution in [0.5, 0.6) is 5.88 Å². The van der Waals surface area contributed by atoms with Gasteiger partial charge in [0, 0.05) is 11.5 Å². The van der Waals surface area contributed by atoms with Crippen molar-refractivity contribution in [1.82, 2.24) is 4.98 Å². The standard InChI is InChI=1S/C12H11NO3/c1-15-11-6-5-8-3-4-9(12(14)16-2)7-10(8)13-11/h3-7H,1-2H3. The zero-order valence-corrected chi connectivity index (χ0v) is 9.06. The largest absolute Gasteiger partial charge is 0.481 e. The zero-order chi connectivity index (χ0) is 11.5. The lowest BCUT2D eigenvalue weighted by Crippen LogP contribution is -2.01. The summed E-state index contributed by atoms with van der Waals surface area (Å²) < 4.78 is 9.67. The van der Waals surface area contributed by atoms with E-state index in [0.717, 1.165) is 5.39 Å². The number of carbonyl (C=O) groups is 1. The second-order valence-corrected chi connectivity index (χ2v) is 3.25. The Kier molecular flexibility index (Phi) is 2.72. The predicted molar refractivity (Wildman–Crippen MR) is 59.6 cm³/mol. The second kappa shape index (κ2) is 4.18. The molecule has 4 nitrogen and oxygen atoms in total. The summed E-state index contributed by atoms with van der Waals surface area (Å²) in [5.74, 6) is 0.154. The van der Waals surface area contributed by atoms with Crippen molar-refractivity contribution in [2.45, 2.75) is 0 Å². The zero-order valence-electron chi connectivity index (χ0n) is 9.06. The maximum Gasteiger partial charge on any atom is 0.337 e. The first-order valence-corrected chi connectivity index (χ1v) is 4.77. The highest BCUT2D eigenvalue weighted by molar-refractivity contribution is 5.94. The van der Waals surface area contributed by atoms with Crippen molar-refractivity contribution in [3.8, 4) is 5.88 Å². The molecule has 0 unspecified atom stereocenters. The van der Waals surface area contributed by atoms with Gasteiger partial charge in [0.25, 0.3) is 0 Å². The first kappa shape index (κ1) is 10.4. The molecule has 0 spiro atoms. The van der Waals surface area contributed by atoms with Crippen molar-refractivity contribution in [2.24, 2.45) is 0 Å². The molecule has 0 amide bonds. The van der Waals surface area contributed by atoms with Gasteiger partial charge in [-0.15, -0.1) is 0 Å². The Bertz CT molecular complexity index is 537. The van der Waals surface area contributed by atoms with E-state index < -0.39 is 0 Å². The Morgan fingerprint density at radius 1 is 1.19 bits per heavy atom. The van der Waals surface area contributed by atoms with Crippen molar-refractivity contribution in [3.63, 3.8) is 0 Å². The number of fused-ring (bicyclic) bond motifs is 1. The third kappa shape index (κ3) is 1.82. The van der Waals surface area contributed by atoms with Crippen LogP contribution in [0.15, 0.2) is 30.3 Å². The van der Waals surface area contributed by atoms with Crippen molar-refractivity contribution in [1.29, 1.82) is 0 Å². The molecule has 1 aromatic carbocycles. The topological polar surface area (TPSA) is 48.4 Å². The normalized spacial score (nSPS) is 10.1. The molecule has 1 aromatic heterocycles. The van der Waals surface area contributed by atoms with Crippen molar-refractivity contribution in [2.75, 3.05) is 14.2 Å². The quantitative estimate of drug-likeness (QED) is 0.722. The summed E-state index contributed by atoms with van der Waals surface area (Å²) in [6, 6.07) is 8.89.